The van der Waals surface area contributed by atoms with Gasteiger partial charge in [-0.15, -0.1) is 6.42 Å². The first-order valence-corrected chi connectivity index (χ1v) is 11.4. The third-order valence-corrected chi connectivity index (χ3v) is 6.23. The normalized spacial score (nSPS) is 20.0. The molecule has 0 N–H and O–H groups in total. The smallest absolute Gasteiger partial charge is 0.431 e. The first kappa shape index (κ1) is 27.8. The number of hydrogen-bond acceptors (Lipinski definition) is 5. The minimum absolute atomic E-state index is 0.0619. The predicted octanol–water partition coefficient (Wildman–Crippen LogP) is 5.87. The van der Waals surface area contributed by atoms with E-state index >= 15 is 0 Å². The topological polar surface area (TPSA) is 81.3 Å². The number of esters is 2. The number of nitrogens with zero attached hydrogens (tertiary/aromatic N) is 2. The Kier molecular flexibility index (Phi) is 7.20. The molecule has 1 saturated carbocycles. The lowest BCUT2D eigenvalue weighted by molar-refractivity contribution is -0.153. The Balaban J connectivity index is 1.96. The molecule has 10 heteroatoms. The number of para-hydroxylation sites is 1. The Hall–Kier alpha value is -3.79. The second-order valence-electron chi connectivity index (χ2n) is 10.4. The Labute approximate surface area is 211 Å². The van der Waals surface area contributed by atoms with Crippen molar-refractivity contribution < 1.29 is 36.6 Å². The Morgan fingerprint density at radius 2 is 1.86 bits per heavy atom. The van der Waals surface area contributed by atoms with E-state index in [0.717, 1.165) is 10.6 Å². The molecule has 0 saturated heterocycles. The zero-order valence-electron chi connectivity index (χ0n) is 20.9. The third kappa shape index (κ3) is 5.48. The molecule has 0 aliphatic heterocycles. The number of alkyl halides is 3. The number of fused-ring (bicyclic) bond motifs is 1. The van der Waals surface area contributed by atoms with Crippen LogP contribution in [0.25, 0.3) is 10.9 Å². The van der Waals surface area contributed by atoms with Gasteiger partial charge < -0.3 is 14.0 Å². The number of carbonyl (C=O) groups excluding carboxylic acids is 2. The van der Waals surface area contributed by atoms with Gasteiger partial charge >= 0.3 is 18.1 Å². The summed E-state index contributed by atoms with van der Waals surface area (Å²) in [6.07, 6.45) is -0.583. The molecule has 0 bridgehead atoms. The second kappa shape index (κ2) is 9.59. The van der Waals surface area contributed by atoms with Gasteiger partial charge in [-0.3, -0.25) is 4.79 Å². The van der Waals surface area contributed by atoms with Crippen LogP contribution < -0.4 is 0 Å². The SMILES string of the molecule is C#CCn1c(C(F)(F)F)c(C(C#N)OC(=O)[C@@H]2[C@@H](/C=C(/F)C(=O)OC(C)(C)C)C2(C)C)c2ccccc21. The minimum Gasteiger partial charge on any atom is -0.455 e. The highest BCUT2D eigenvalue weighted by atomic mass is 19.4. The zero-order chi connectivity index (χ0) is 27.9. The van der Waals surface area contributed by atoms with E-state index < -0.39 is 70.7 Å². The first-order valence-electron chi connectivity index (χ1n) is 11.4. The molecule has 1 aliphatic rings. The van der Waals surface area contributed by atoms with Crippen LogP contribution in [0.15, 0.2) is 36.2 Å². The average molecular weight is 519 g/mol. The number of ether oxygens (including phenoxy) is 2. The number of aromatic nitrogens is 1. The van der Waals surface area contributed by atoms with Gasteiger partial charge in [0, 0.05) is 16.5 Å². The molecule has 1 fully saturated rings. The second-order valence-corrected chi connectivity index (χ2v) is 10.4. The molecule has 1 aromatic heterocycles. The number of benzene rings is 1. The number of carbonyl (C=O) groups is 2. The summed E-state index contributed by atoms with van der Waals surface area (Å²) in [5, 5.41) is 9.83. The highest BCUT2D eigenvalue weighted by Gasteiger charge is 2.62. The molecule has 1 aliphatic carbocycles. The van der Waals surface area contributed by atoms with Crippen LogP contribution in [0.1, 0.15) is 52.0 Å². The third-order valence-electron chi connectivity index (χ3n) is 6.23. The van der Waals surface area contributed by atoms with E-state index in [4.69, 9.17) is 15.9 Å². The fraction of sp³-hybridized carbons (Fsp3) is 0.444. The molecule has 1 unspecified atom stereocenters. The summed E-state index contributed by atoms with van der Waals surface area (Å²) in [5.74, 6) is -3.00. The maximum atomic E-state index is 14.5. The number of allylic oxidation sites excluding steroid dienone is 1. The summed E-state index contributed by atoms with van der Waals surface area (Å²) in [4.78, 5) is 25.0. The average Bonchev–Trinajstić information content (AvgIpc) is 3.15. The number of rotatable bonds is 6. The van der Waals surface area contributed by atoms with E-state index in [-0.39, 0.29) is 10.9 Å². The summed E-state index contributed by atoms with van der Waals surface area (Å²) in [5.41, 5.74) is -3.39. The molecule has 196 valence electrons. The van der Waals surface area contributed by atoms with Gasteiger partial charge in [0.15, 0.2) is 0 Å². The summed E-state index contributed by atoms with van der Waals surface area (Å²) >= 11 is 0. The van der Waals surface area contributed by atoms with Crippen molar-refractivity contribution in [1.82, 2.24) is 4.57 Å². The molecular weight excluding hydrogens is 492 g/mol. The van der Waals surface area contributed by atoms with Crippen LogP contribution in [0.4, 0.5) is 17.6 Å². The van der Waals surface area contributed by atoms with E-state index in [1.54, 1.807) is 40.7 Å². The largest absolute Gasteiger partial charge is 0.455 e. The summed E-state index contributed by atoms with van der Waals surface area (Å²) in [6, 6.07) is 7.47. The van der Waals surface area contributed by atoms with E-state index in [0.29, 0.717) is 0 Å². The van der Waals surface area contributed by atoms with Crippen LogP contribution in [0.3, 0.4) is 0 Å². The van der Waals surface area contributed by atoms with Crippen molar-refractivity contribution in [3.05, 3.63) is 47.4 Å². The van der Waals surface area contributed by atoms with Crippen molar-refractivity contribution in [2.75, 3.05) is 0 Å². The lowest BCUT2D eigenvalue weighted by atomic mass is 10.0. The van der Waals surface area contributed by atoms with E-state index in [1.165, 1.54) is 24.3 Å². The molecule has 1 heterocycles. The zero-order valence-corrected chi connectivity index (χ0v) is 20.9. The molecule has 37 heavy (non-hydrogen) atoms. The lowest BCUT2D eigenvalue weighted by Gasteiger charge is -2.18. The first-order chi connectivity index (χ1) is 17.0. The monoisotopic (exact) mass is 518 g/mol. The number of nitriles is 1. The Morgan fingerprint density at radius 1 is 1.24 bits per heavy atom. The summed E-state index contributed by atoms with van der Waals surface area (Å²) in [6.45, 7) is 7.51. The minimum atomic E-state index is -4.91. The van der Waals surface area contributed by atoms with Gasteiger partial charge in [-0.2, -0.15) is 22.8 Å². The molecule has 6 nitrogen and oxygen atoms in total. The van der Waals surface area contributed by atoms with Crippen molar-refractivity contribution in [2.24, 2.45) is 17.3 Å². The molecule has 3 rings (SSSR count). The van der Waals surface area contributed by atoms with Gasteiger partial charge in [0.05, 0.1) is 12.5 Å². The van der Waals surface area contributed by atoms with Crippen molar-refractivity contribution in [2.45, 2.75) is 59.0 Å². The number of halogens is 4. The van der Waals surface area contributed by atoms with E-state index in [1.807, 2.05) is 0 Å². The van der Waals surface area contributed by atoms with Gasteiger partial charge in [-0.25, -0.2) is 4.79 Å². The van der Waals surface area contributed by atoms with Crippen LogP contribution in [0, 0.1) is 40.9 Å². The van der Waals surface area contributed by atoms with Crippen molar-refractivity contribution in [1.29, 1.82) is 5.26 Å². The van der Waals surface area contributed by atoms with Gasteiger partial charge in [-0.1, -0.05) is 38.0 Å². The van der Waals surface area contributed by atoms with E-state index in [2.05, 4.69) is 5.92 Å². The van der Waals surface area contributed by atoms with Crippen LogP contribution in [-0.4, -0.2) is 22.1 Å². The van der Waals surface area contributed by atoms with Gasteiger partial charge in [-0.05, 0) is 44.2 Å². The quantitative estimate of drug-likeness (QED) is 0.207. The van der Waals surface area contributed by atoms with Crippen LogP contribution in [0.5, 0.6) is 0 Å². The summed E-state index contributed by atoms with van der Waals surface area (Å²) in [7, 11) is 0. The maximum absolute atomic E-state index is 14.5. The van der Waals surface area contributed by atoms with Gasteiger partial charge in [0.25, 0.3) is 0 Å². The molecule has 3 atom stereocenters. The fourth-order valence-electron chi connectivity index (χ4n) is 4.49. The fourth-order valence-corrected chi connectivity index (χ4v) is 4.49. The highest BCUT2D eigenvalue weighted by molar-refractivity contribution is 5.88. The molecule has 1 aromatic carbocycles. The van der Waals surface area contributed by atoms with Crippen molar-refractivity contribution >= 4 is 22.8 Å². The predicted molar refractivity (Wildman–Crippen MR) is 126 cm³/mol. The molecule has 0 radical (unpaired) electrons. The highest BCUT2D eigenvalue weighted by Crippen LogP contribution is 2.60. The van der Waals surface area contributed by atoms with Crippen molar-refractivity contribution in [3.63, 3.8) is 0 Å². The number of terminal acetylenes is 1. The van der Waals surface area contributed by atoms with Gasteiger partial charge in [0.1, 0.15) is 17.4 Å². The van der Waals surface area contributed by atoms with E-state index in [9.17, 15) is 32.4 Å². The molecule has 0 amide bonds. The summed E-state index contributed by atoms with van der Waals surface area (Å²) < 4.78 is 68.1. The lowest BCUT2D eigenvalue weighted by Crippen LogP contribution is -2.24. The molecular formula is C27H26F4N2O4. The Bertz CT molecular complexity index is 1350. The molecule has 2 aromatic rings. The number of hydrogen-bond donors (Lipinski definition) is 0. The van der Waals surface area contributed by atoms with Gasteiger partial charge in [0.2, 0.25) is 11.9 Å². The van der Waals surface area contributed by atoms with Crippen LogP contribution >= 0.6 is 0 Å². The molecule has 0 spiro atoms. The van der Waals surface area contributed by atoms with Crippen LogP contribution in [-0.2, 0) is 31.8 Å². The van der Waals surface area contributed by atoms with Crippen LogP contribution in [0.2, 0.25) is 0 Å². The standard InChI is InChI=1S/C27H26F4N2O4/c1-7-12-33-18-11-9-8-10-15(18)20(22(33)27(29,30)31)19(14-32)36-24(35)21-16(26(21,5)6)13-17(28)23(34)37-25(2,3)4/h1,8-11,13,16,19,21H,12H2,2-6H3/b17-13+/t16-,19?,21+/m1/s1. The van der Waals surface area contributed by atoms with Crippen molar-refractivity contribution in [3.8, 4) is 18.4 Å². The maximum Gasteiger partial charge on any atom is 0.431 e. The Morgan fingerprint density at radius 3 is 2.41 bits per heavy atom.